The number of non-ortho nitro benzene ring substituents is 1. The monoisotopic (exact) mass is 370 g/mol. The molecule has 0 unspecified atom stereocenters. The summed E-state index contributed by atoms with van der Waals surface area (Å²) in [5, 5.41) is 21.8. The second-order valence-corrected chi connectivity index (χ2v) is 5.27. The molecule has 136 valence electrons. The van der Waals surface area contributed by atoms with E-state index >= 15 is 0 Å². The van der Waals surface area contributed by atoms with Crippen molar-refractivity contribution in [2.24, 2.45) is 0 Å². The number of nitrogens with one attached hydrogen (secondary N) is 2. The normalized spacial score (nSPS) is 11.0. The van der Waals surface area contributed by atoms with E-state index < -0.39 is 26.8 Å². The van der Waals surface area contributed by atoms with Crippen molar-refractivity contribution in [3.8, 4) is 11.3 Å². The summed E-state index contributed by atoms with van der Waals surface area (Å²) in [6.45, 7) is 0. The molecule has 2 N–H and O–H groups in total. The van der Waals surface area contributed by atoms with Crippen molar-refractivity contribution >= 4 is 23.5 Å². The third-order valence-corrected chi connectivity index (χ3v) is 3.51. The number of hydrogen-bond acceptors (Lipinski definition) is 7. The highest BCUT2D eigenvalue weighted by atomic mass is 16.6. The van der Waals surface area contributed by atoms with E-state index in [-0.39, 0.29) is 17.1 Å². The fourth-order valence-corrected chi connectivity index (χ4v) is 2.34. The molecule has 0 saturated heterocycles. The number of furan rings is 1. The second-order valence-electron chi connectivity index (χ2n) is 5.27. The number of aromatic amines is 2. The molecule has 0 bridgehead atoms. The van der Waals surface area contributed by atoms with Crippen molar-refractivity contribution in [3.05, 3.63) is 88.9 Å². The van der Waals surface area contributed by atoms with Crippen molar-refractivity contribution in [1.29, 1.82) is 0 Å². The highest BCUT2D eigenvalue weighted by molar-refractivity contribution is 5.71. The number of nitro benzene ring substituents is 1. The van der Waals surface area contributed by atoms with Crippen molar-refractivity contribution in [2.45, 2.75) is 0 Å². The van der Waals surface area contributed by atoms with Gasteiger partial charge < -0.3 is 9.40 Å². The number of H-pyrrole nitrogens is 2. The van der Waals surface area contributed by atoms with Crippen LogP contribution in [0.3, 0.4) is 0 Å². The quantitative estimate of drug-likeness (QED) is 0.513. The summed E-state index contributed by atoms with van der Waals surface area (Å²) in [5.41, 5.74) is -2.74. The lowest BCUT2D eigenvalue weighted by molar-refractivity contribution is -0.386. The molecule has 0 fully saturated rings. The first-order valence-electron chi connectivity index (χ1n) is 7.39. The van der Waals surface area contributed by atoms with Gasteiger partial charge in [-0.05, 0) is 24.3 Å². The Kier molecular flexibility index (Phi) is 4.49. The van der Waals surface area contributed by atoms with E-state index in [1.807, 2.05) is 0 Å². The Balaban J connectivity index is 1.94. The first kappa shape index (κ1) is 17.5. The van der Waals surface area contributed by atoms with Crippen LogP contribution in [0.4, 0.5) is 11.4 Å². The van der Waals surface area contributed by atoms with Gasteiger partial charge in [0.2, 0.25) is 0 Å². The van der Waals surface area contributed by atoms with Crippen LogP contribution in [0.25, 0.3) is 23.5 Å². The van der Waals surface area contributed by atoms with Crippen molar-refractivity contribution < 1.29 is 14.3 Å². The zero-order valence-electron chi connectivity index (χ0n) is 13.4. The maximum absolute atomic E-state index is 11.6. The SMILES string of the molecule is O=c1[nH]c(/C=C\c2ccc(-c3cccc([N+](=O)[O-])c3)o2)c([N+](=O)[O-])c(=O)[nH]1. The van der Waals surface area contributed by atoms with Crippen molar-refractivity contribution in [3.63, 3.8) is 0 Å². The zero-order chi connectivity index (χ0) is 19.6. The third kappa shape index (κ3) is 3.71. The van der Waals surface area contributed by atoms with Crippen LogP contribution in [0.2, 0.25) is 0 Å². The van der Waals surface area contributed by atoms with Gasteiger partial charge in [-0.15, -0.1) is 0 Å². The van der Waals surface area contributed by atoms with Crippen LogP contribution in [0.5, 0.6) is 0 Å². The van der Waals surface area contributed by atoms with Gasteiger partial charge in [-0.2, -0.15) is 0 Å². The van der Waals surface area contributed by atoms with Gasteiger partial charge in [0.25, 0.3) is 5.69 Å². The fourth-order valence-electron chi connectivity index (χ4n) is 2.34. The molecule has 2 aromatic heterocycles. The zero-order valence-corrected chi connectivity index (χ0v) is 13.4. The van der Waals surface area contributed by atoms with E-state index in [1.54, 1.807) is 17.1 Å². The smallest absolute Gasteiger partial charge is 0.357 e. The topological polar surface area (TPSA) is 165 Å². The maximum atomic E-state index is 11.6. The number of benzene rings is 1. The van der Waals surface area contributed by atoms with Crippen LogP contribution in [-0.4, -0.2) is 19.8 Å². The van der Waals surface area contributed by atoms with Gasteiger partial charge in [0.05, 0.1) is 9.85 Å². The van der Waals surface area contributed by atoms with E-state index in [1.165, 1.54) is 30.3 Å². The lowest BCUT2D eigenvalue weighted by Gasteiger charge is -1.97. The Morgan fingerprint density at radius 3 is 2.44 bits per heavy atom. The molecule has 2 heterocycles. The Morgan fingerprint density at radius 2 is 1.74 bits per heavy atom. The first-order chi connectivity index (χ1) is 12.8. The van der Waals surface area contributed by atoms with E-state index in [0.29, 0.717) is 11.3 Å². The number of rotatable bonds is 5. The number of aromatic nitrogens is 2. The van der Waals surface area contributed by atoms with E-state index in [4.69, 9.17) is 4.42 Å². The van der Waals surface area contributed by atoms with Crippen molar-refractivity contribution in [1.82, 2.24) is 9.97 Å². The molecule has 0 amide bonds. The van der Waals surface area contributed by atoms with E-state index in [9.17, 15) is 29.8 Å². The second kappa shape index (κ2) is 6.92. The molecule has 3 rings (SSSR count). The molecule has 0 aliphatic rings. The molecule has 0 aliphatic carbocycles. The highest BCUT2D eigenvalue weighted by Crippen LogP contribution is 2.26. The molecule has 0 atom stereocenters. The minimum absolute atomic E-state index is 0.0993. The van der Waals surface area contributed by atoms with Crippen LogP contribution < -0.4 is 11.2 Å². The standard InChI is InChI=1S/C16H10N4O7/c21-15-14(20(25)26)12(17-16(22)18-15)6-4-11-5-7-13(27-11)9-2-1-3-10(8-9)19(23)24/h1-8H,(H2,17,18,21,22)/b6-4-. The lowest BCUT2D eigenvalue weighted by atomic mass is 10.1. The predicted molar refractivity (Wildman–Crippen MR) is 94.1 cm³/mol. The first-order valence-corrected chi connectivity index (χ1v) is 7.39. The molecular weight excluding hydrogens is 360 g/mol. The van der Waals surface area contributed by atoms with Gasteiger partial charge in [-0.3, -0.25) is 30.0 Å². The van der Waals surface area contributed by atoms with Gasteiger partial charge in [-0.25, -0.2) is 4.79 Å². The van der Waals surface area contributed by atoms with Crippen LogP contribution in [-0.2, 0) is 0 Å². The number of nitro groups is 2. The van der Waals surface area contributed by atoms with Crippen molar-refractivity contribution in [2.75, 3.05) is 0 Å². The molecule has 0 saturated carbocycles. The molecule has 3 aromatic rings. The molecule has 11 heteroatoms. The largest absolute Gasteiger partial charge is 0.457 e. The summed E-state index contributed by atoms with van der Waals surface area (Å²) in [4.78, 5) is 47.2. The minimum atomic E-state index is -1.12. The lowest BCUT2D eigenvalue weighted by Crippen LogP contribution is -2.25. The molecule has 11 nitrogen and oxygen atoms in total. The summed E-state index contributed by atoms with van der Waals surface area (Å²) in [6.07, 6.45) is 2.48. The molecule has 27 heavy (non-hydrogen) atoms. The van der Waals surface area contributed by atoms with Crippen LogP contribution >= 0.6 is 0 Å². The maximum Gasteiger partial charge on any atom is 0.357 e. The Morgan fingerprint density at radius 1 is 0.963 bits per heavy atom. The van der Waals surface area contributed by atoms with E-state index in [2.05, 4.69) is 4.98 Å². The Bertz CT molecular complexity index is 1190. The number of nitrogens with zero attached hydrogens (tertiary/aromatic N) is 2. The summed E-state index contributed by atoms with van der Waals surface area (Å²) in [5.74, 6) is 0.596. The van der Waals surface area contributed by atoms with Gasteiger partial charge in [0.15, 0.2) is 0 Å². The summed E-state index contributed by atoms with van der Waals surface area (Å²) in [6, 6.07) is 8.91. The third-order valence-electron chi connectivity index (χ3n) is 3.51. The average Bonchev–Trinajstić information content (AvgIpc) is 3.08. The van der Waals surface area contributed by atoms with Gasteiger partial charge in [0.1, 0.15) is 17.2 Å². The van der Waals surface area contributed by atoms with Gasteiger partial charge in [0, 0.05) is 17.7 Å². The highest BCUT2D eigenvalue weighted by Gasteiger charge is 2.19. The molecular formula is C16H10N4O7. The van der Waals surface area contributed by atoms with Gasteiger partial charge >= 0.3 is 16.9 Å². The summed E-state index contributed by atoms with van der Waals surface area (Å²) < 4.78 is 5.53. The minimum Gasteiger partial charge on any atom is -0.457 e. The molecule has 1 aromatic carbocycles. The molecule has 0 spiro atoms. The Hall–Kier alpha value is -4.28. The Labute approximate surface area is 148 Å². The predicted octanol–water partition coefficient (Wildman–Crippen LogP) is 2.31. The number of hydrogen-bond donors (Lipinski definition) is 2. The van der Waals surface area contributed by atoms with E-state index in [0.717, 1.165) is 6.08 Å². The molecule has 0 radical (unpaired) electrons. The van der Waals surface area contributed by atoms with Crippen LogP contribution in [0.15, 0.2) is 50.4 Å². The van der Waals surface area contributed by atoms with Crippen LogP contribution in [0, 0.1) is 20.2 Å². The summed E-state index contributed by atoms with van der Waals surface area (Å²) in [7, 11) is 0. The van der Waals surface area contributed by atoms with Crippen LogP contribution in [0.1, 0.15) is 11.5 Å². The fraction of sp³-hybridized carbons (Fsp3) is 0. The average molecular weight is 370 g/mol. The molecule has 0 aliphatic heterocycles. The van der Waals surface area contributed by atoms with Gasteiger partial charge in [-0.1, -0.05) is 12.1 Å². The summed E-state index contributed by atoms with van der Waals surface area (Å²) >= 11 is 0.